The summed E-state index contributed by atoms with van der Waals surface area (Å²) >= 11 is 0. The van der Waals surface area contributed by atoms with Gasteiger partial charge in [0.15, 0.2) is 17.2 Å². The van der Waals surface area contributed by atoms with Crippen molar-refractivity contribution < 1.29 is 34.8 Å². The number of phenolic OH excluding ortho intramolecular Hbond substituents is 1. The quantitative estimate of drug-likeness (QED) is 0.258. The molecule has 244 valence electrons. The van der Waals surface area contributed by atoms with Crippen LogP contribution in [0.15, 0.2) is 53.3 Å². The predicted molar refractivity (Wildman–Crippen MR) is 176 cm³/mol. The number of hydrogen-bond donors (Lipinski definition) is 4. The van der Waals surface area contributed by atoms with E-state index in [-0.39, 0.29) is 35.6 Å². The summed E-state index contributed by atoms with van der Waals surface area (Å²) in [4.78, 5) is 40.9. The minimum absolute atomic E-state index is 0.0684. The van der Waals surface area contributed by atoms with Crippen molar-refractivity contribution in [2.75, 3.05) is 0 Å². The van der Waals surface area contributed by atoms with E-state index >= 15 is 0 Å². The van der Waals surface area contributed by atoms with Crippen molar-refractivity contribution in [3.8, 4) is 16.9 Å². The van der Waals surface area contributed by atoms with Gasteiger partial charge in [-0.05, 0) is 85.1 Å². The molecule has 4 atom stereocenters. The van der Waals surface area contributed by atoms with E-state index in [1.807, 2.05) is 13.0 Å². The van der Waals surface area contributed by atoms with Crippen LogP contribution in [0.1, 0.15) is 90.3 Å². The van der Waals surface area contributed by atoms with Crippen LogP contribution in [0.3, 0.4) is 0 Å². The normalized spacial score (nSPS) is 32.7. The molecule has 0 bridgehead atoms. The minimum atomic E-state index is -2.61. The van der Waals surface area contributed by atoms with Crippen LogP contribution in [-0.2, 0) is 27.2 Å². The van der Waals surface area contributed by atoms with Gasteiger partial charge in [0, 0.05) is 22.3 Å². The number of hydrogen-bond acceptors (Lipinski definition) is 7. The fraction of sp³-hybridized carbons (Fsp3) is 0.513. The summed E-state index contributed by atoms with van der Waals surface area (Å²) in [5.74, 6) is -3.71. The van der Waals surface area contributed by atoms with Gasteiger partial charge in [-0.2, -0.15) is 0 Å². The van der Waals surface area contributed by atoms with Gasteiger partial charge in [-0.25, -0.2) is 0 Å². The second-order valence-corrected chi connectivity index (χ2v) is 15.5. The molecule has 4 aliphatic carbocycles. The summed E-state index contributed by atoms with van der Waals surface area (Å²) in [6, 6.07) is 11.7. The third kappa shape index (κ3) is 4.52. The Morgan fingerprint density at radius 2 is 1.59 bits per heavy atom. The highest BCUT2D eigenvalue weighted by Gasteiger charge is 2.72. The topological polar surface area (TPSA) is 132 Å². The van der Waals surface area contributed by atoms with E-state index in [0.29, 0.717) is 11.5 Å². The maximum absolute atomic E-state index is 14.5. The fourth-order valence-electron chi connectivity index (χ4n) is 9.68. The maximum Gasteiger partial charge on any atom is 0.203 e. The number of carbonyl (C=O) groups excluding carboxylic acids is 3. The molecule has 0 aliphatic heterocycles. The number of allylic oxidation sites excluding steroid dienone is 1. The molecule has 2 saturated carbocycles. The number of Topliss-reactive ketones (excluding diaryl/α,β-unsaturated/α-hetero) is 3. The van der Waals surface area contributed by atoms with Gasteiger partial charge in [0.1, 0.15) is 22.8 Å². The molecule has 7 nitrogen and oxygen atoms in total. The number of ketones is 3. The van der Waals surface area contributed by atoms with Gasteiger partial charge in [-0.1, -0.05) is 77.8 Å². The zero-order valence-corrected chi connectivity index (χ0v) is 27.7. The Labute approximate surface area is 271 Å². The van der Waals surface area contributed by atoms with E-state index in [0.717, 1.165) is 30.4 Å². The molecular weight excluding hydrogens is 580 g/mol. The Morgan fingerprint density at radius 1 is 0.957 bits per heavy atom. The largest absolute Gasteiger partial charge is 0.508 e. The minimum Gasteiger partial charge on any atom is -0.508 e. The van der Waals surface area contributed by atoms with Gasteiger partial charge in [-0.3, -0.25) is 14.4 Å². The second kappa shape index (κ2) is 10.9. The van der Waals surface area contributed by atoms with E-state index in [4.69, 9.17) is 0 Å². The van der Waals surface area contributed by atoms with E-state index in [9.17, 15) is 34.8 Å². The van der Waals surface area contributed by atoms with Crippen LogP contribution in [0.4, 0.5) is 0 Å². The first kappa shape index (κ1) is 32.2. The van der Waals surface area contributed by atoms with E-state index in [2.05, 4.69) is 31.2 Å². The highest BCUT2D eigenvalue weighted by Crippen LogP contribution is 2.65. The predicted octanol–water partition coefficient (Wildman–Crippen LogP) is 7.23. The lowest BCUT2D eigenvalue weighted by Gasteiger charge is -2.59. The fourth-order valence-corrected chi connectivity index (χ4v) is 9.68. The standard InChI is InChI=1S/C39H46O7/c1-20(2)31-33(42)29(22(4)40)35(44)39(46)36(45)32-34(43)30-27(18-37(32,5)19-38(31,39)6)26(15-16-28(30)41)25-13-11-24(12-14-25)17-23-9-7-21(3)8-10-23/h11-16,20-21,23,31,41,43-44,46H,7-10,17-19H2,1-6H3/t21?,23?,31?,37-,38-,39+/m1/s1. The summed E-state index contributed by atoms with van der Waals surface area (Å²) in [5, 5.41) is 46.5. The van der Waals surface area contributed by atoms with Crippen molar-refractivity contribution in [1.29, 1.82) is 0 Å². The van der Waals surface area contributed by atoms with Gasteiger partial charge in [0.2, 0.25) is 5.78 Å². The maximum atomic E-state index is 14.5. The number of phenols is 1. The van der Waals surface area contributed by atoms with Crippen molar-refractivity contribution >= 4 is 23.1 Å². The van der Waals surface area contributed by atoms with Crippen LogP contribution in [0.2, 0.25) is 0 Å². The number of aliphatic hydroxyl groups excluding tert-OH is 2. The molecule has 0 spiro atoms. The first-order chi connectivity index (χ1) is 21.5. The number of carbonyl (C=O) groups is 3. The van der Waals surface area contributed by atoms with Crippen molar-refractivity contribution in [1.82, 2.24) is 0 Å². The van der Waals surface area contributed by atoms with Crippen LogP contribution in [0, 0.1) is 34.5 Å². The molecule has 46 heavy (non-hydrogen) atoms. The van der Waals surface area contributed by atoms with Crippen LogP contribution in [0.5, 0.6) is 5.75 Å². The molecule has 2 fully saturated rings. The SMILES string of the molecule is CC(=O)C1=C(O)[C@]2(O)C(=O)C3=C(O)c4c(O)ccc(-c5ccc(CC6CCC(C)CC6)cc5)c4C[C@]3(C)C[C@]2(C)C(C(C)C)C1=O. The lowest BCUT2D eigenvalue weighted by molar-refractivity contribution is -0.178. The zero-order valence-electron chi connectivity index (χ0n) is 27.7. The molecule has 1 unspecified atom stereocenters. The van der Waals surface area contributed by atoms with Gasteiger partial charge < -0.3 is 20.4 Å². The van der Waals surface area contributed by atoms with E-state index in [1.54, 1.807) is 20.8 Å². The van der Waals surface area contributed by atoms with Gasteiger partial charge in [-0.15, -0.1) is 0 Å². The van der Waals surface area contributed by atoms with Crippen molar-refractivity contribution in [3.63, 3.8) is 0 Å². The Morgan fingerprint density at radius 3 is 2.17 bits per heavy atom. The number of benzene rings is 2. The van der Waals surface area contributed by atoms with Crippen molar-refractivity contribution in [2.45, 2.75) is 92.1 Å². The number of rotatable bonds is 5. The monoisotopic (exact) mass is 626 g/mol. The van der Waals surface area contributed by atoms with Gasteiger partial charge >= 0.3 is 0 Å². The lowest BCUT2D eigenvalue weighted by atomic mass is 9.43. The molecule has 4 aliphatic rings. The summed E-state index contributed by atoms with van der Waals surface area (Å²) in [6.07, 6.45) is 6.41. The molecule has 6 rings (SSSR count). The zero-order chi connectivity index (χ0) is 33.5. The number of aromatic hydroxyl groups is 1. The lowest BCUT2D eigenvalue weighted by Crippen LogP contribution is -2.69. The van der Waals surface area contributed by atoms with Gasteiger partial charge in [0.25, 0.3) is 0 Å². The molecule has 0 aromatic heterocycles. The smallest absolute Gasteiger partial charge is 0.203 e. The van der Waals surface area contributed by atoms with E-state index in [1.165, 1.54) is 37.3 Å². The first-order valence-electron chi connectivity index (χ1n) is 16.7. The molecule has 0 amide bonds. The average Bonchev–Trinajstić information content (AvgIpc) is 2.96. The number of aliphatic hydroxyl groups is 3. The molecule has 4 N–H and O–H groups in total. The Kier molecular flexibility index (Phi) is 7.66. The van der Waals surface area contributed by atoms with Crippen LogP contribution in [0.25, 0.3) is 16.9 Å². The summed E-state index contributed by atoms with van der Waals surface area (Å²) < 4.78 is 0. The Balaban J connectivity index is 1.46. The molecule has 2 aromatic rings. The summed E-state index contributed by atoms with van der Waals surface area (Å²) in [7, 11) is 0. The summed E-state index contributed by atoms with van der Waals surface area (Å²) in [6.45, 7) is 10.5. The Hall–Kier alpha value is -3.71. The second-order valence-electron chi connectivity index (χ2n) is 15.5. The van der Waals surface area contributed by atoms with Crippen molar-refractivity contribution in [3.05, 3.63) is 70.0 Å². The highest BCUT2D eigenvalue weighted by molar-refractivity contribution is 6.24. The van der Waals surface area contributed by atoms with E-state index < -0.39 is 56.8 Å². The number of fused-ring (bicyclic) bond motifs is 3. The highest BCUT2D eigenvalue weighted by atomic mass is 16.3. The molecular formula is C39H46O7. The van der Waals surface area contributed by atoms with Gasteiger partial charge in [0.05, 0.1) is 5.56 Å². The third-order valence-electron chi connectivity index (χ3n) is 11.8. The molecule has 0 heterocycles. The molecule has 0 saturated heterocycles. The van der Waals surface area contributed by atoms with Crippen LogP contribution in [-0.4, -0.2) is 43.4 Å². The molecule has 0 radical (unpaired) electrons. The summed E-state index contributed by atoms with van der Waals surface area (Å²) in [5.41, 5.74) is -2.04. The van der Waals surface area contributed by atoms with Crippen molar-refractivity contribution in [2.24, 2.45) is 34.5 Å². The molecule has 7 heteroatoms. The first-order valence-corrected chi connectivity index (χ1v) is 16.7. The van der Waals surface area contributed by atoms with Crippen LogP contribution < -0.4 is 0 Å². The molecule has 2 aromatic carbocycles. The Bertz CT molecular complexity index is 1700. The third-order valence-corrected chi connectivity index (χ3v) is 11.8. The average molecular weight is 627 g/mol. The van der Waals surface area contributed by atoms with Crippen LogP contribution >= 0.6 is 0 Å².